The molecule has 0 spiro atoms. The Bertz CT molecular complexity index is 1720. The van der Waals surface area contributed by atoms with Crippen molar-refractivity contribution in [1.82, 2.24) is 9.97 Å². The van der Waals surface area contributed by atoms with Gasteiger partial charge in [0.25, 0.3) is 0 Å². The number of rotatable bonds is 0. The monoisotopic (exact) mass is 352 g/mol. The number of benzene rings is 6. The van der Waals surface area contributed by atoms with Crippen LogP contribution in [0.5, 0.6) is 0 Å². The molecule has 0 saturated heterocycles. The van der Waals surface area contributed by atoms with E-state index in [4.69, 9.17) is 0 Å². The van der Waals surface area contributed by atoms with Gasteiger partial charge in [0.2, 0.25) is 0 Å². The van der Waals surface area contributed by atoms with Crippen molar-refractivity contribution < 1.29 is 0 Å². The van der Waals surface area contributed by atoms with E-state index in [1.807, 2.05) is 24.8 Å². The second kappa shape index (κ2) is 4.20. The third-order valence-electron chi connectivity index (χ3n) is 6.64. The molecule has 0 aliphatic carbocycles. The van der Waals surface area contributed by atoms with Crippen LogP contribution in [0.4, 0.5) is 0 Å². The lowest BCUT2D eigenvalue weighted by molar-refractivity contribution is 1.39. The van der Waals surface area contributed by atoms with Crippen molar-refractivity contribution in [3.63, 3.8) is 0 Å². The van der Waals surface area contributed by atoms with Crippen LogP contribution in [0.15, 0.2) is 73.3 Å². The predicted octanol–water partition coefficient (Wildman–Crippen LogP) is 6.86. The van der Waals surface area contributed by atoms with E-state index >= 15 is 0 Å². The molecule has 8 rings (SSSR count). The minimum Gasteiger partial charge on any atom is -0.263 e. The summed E-state index contributed by atoms with van der Waals surface area (Å²) in [6.45, 7) is 0. The normalized spacial score (nSPS) is 13.0. The summed E-state index contributed by atoms with van der Waals surface area (Å²) in [6, 6.07) is 17.9. The van der Waals surface area contributed by atoms with Crippen LogP contribution >= 0.6 is 0 Å². The van der Waals surface area contributed by atoms with Crippen molar-refractivity contribution in [1.29, 1.82) is 0 Å². The van der Waals surface area contributed by atoms with Crippen LogP contribution in [-0.4, -0.2) is 9.97 Å². The van der Waals surface area contributed by atoms with Crippen molar-refractivity contribution >= 4 is 75.4 Å². The number of pyridine rings is 2. The SMILES string of the molecule is c1cc2ccc3c4cncc5ccc6ccc7c8cncc1c8c2c3c7c6c54. The van der Waals surface area contributed by atoms with Gasteiger partial charge in [0, 0.05) is 57.1 Å². The maximum atomic E-state index is 4.56. The van der Waals surface area contributed by atoms with Crippen LogP contribution < -0.4 is 0 Å². The molecule has 0 fully saturated rings. The molecule has 28 heavy (non-hydrogen) atoms. The zero-order valence-corrected chi connectivity index (χ0v) is 14.8. The van der Waals surface area contributed by atoms with Gasteiger partial charge in [0.1, 0.15) is 0 Å². The van der Waals surface area contributed by atoms with Gasteiger partial charge in [-0.05, 0) is 43.1 Å². The summed E-state index contributed by atoms with van der Waals surface area (Å²) in [5.41, 5.74) is 0. The molecule has 0 atom stereocenters. The Morgan fingerprint density at radius 3 is 1.25 bits per heavy atom. The second-order valence-electron chi connectivity index (χ2n) is 7.87. The summed E-state index contributed by atoms with van der Waals surface area (Å²) in [5, 5.41) is 18.2. The molecule has 0 amide bonds. The fourth-order valence-electron chi connectivity index (χ4n) is 5.55. The van der Waals surface area contributed by atoms with E-state index in [1.165, 1.54) is 75.4 Å². The predicted molar refractivity (Wildman–Crippen MR) is 118 cm³/mol. The Hall–Kier alpha value is -3.78. The molecule has 0 N–H and O–H groups in total. The molecular formula is C26H12N2. The molecule has 2 heterocycles. The second-order valence-corrected chi connectivity index (χ2v) is 7.87. The van der Waals surface area contributed by atoms with E-state index in [0.717, 1.165) is 0 Å². The lowest BCUT2D eigenvalue weighted by Crippen LogP contribution is -1.94. The van der Waals surface area contributed by atoms with E-state index in [-0.39, 0.29) is 0 Å². The molecule has 0 bridgehead atoms. The molecule has 2 aromatic heterocycles. The fraction of sp³-hybridized carbons (Fsp3) is 0. The lowest BCUT2D eigenvalue weighted by atomic mass is 9.82. The lowest BCUT2D eigenvalue weighted by Gasteiger charge is -2.21. The number of hydrogen-bond donors (Lipinski definition) is 0. The molecule has 0 saturated carbocycles. The maximum Gasteiger partial charge on any atom is 0.0353 e. The van der Waals surface area contributed by atoms with E-state index in [9.17, 15) is 0 Å². The minimum absolute atomic E-state index is 1.21. The van der Waals surface area contributed by atoms with E-state index in [2.05, 4.69) is 58.5 Å². The summed E-state index contributed by atoms with van der Waals surface area (Å²) in [4.78, 5) is 9.13. The zero-order valence-electron chi connectivity index (χ0n) is 14.8. The Morgan fingerprint density at radius 2 is 0.750 bits per heavy atom. The third-order valence-corrected chi connectivity index (χ3v) is 6.64. The van der Waals surface area contributed by atoms with Gasteiger partial charge in [-0.2, -0.15) is 0 Å². The molecule has 6 aromatic carbocycles. The number of aromatic nitrogens is 2. The van der Waals surface area contributed by atoms with Crippen molar-refractivity contribution in [2.75, 3.05) is 0 Å². The largest absolute Gasteiger partial charge is 0.263 e. The van der Waals surface area contributed by atoms with Crippen LogP contribution in [0, 0.1) is 0 Å². The summed E-state index contributed by atoms with van der Waals surface area (Å²) in [6.07, 6.45) is 8.05. The van der Waals surface area contributed by atoms with E-state index in [1.54, 1.807) is 0 Å². The van der Waals surface area contributed by atoms with Gasteiger partial charge in [0.05, 0.1) is 0 Å². The molecule has 0 aliphatic rings. The van der Waals surface area contributed by atoms with Gasteiger partial charge in [0.15, 0.2) is 0 Å². The van der Waals surface area contributed by atoms with Crippen molar-refractivity contribution in [2.45, 2.75) is 0 Å². The van der Waals surface area contributed by atoms with Crippen molar-refractivity contribution in [3.05, 3.63) is 73.3 Å². The third kappa shape index (κ3) is 1.29. The first-order chi connectivity index (χ1) is 13.9. The average Bonchev–Trinajstić information content (AvgIpc) is 2.76. The van der Waals surface area contributed by atoms with Crippen LogP contribution in [0.3, 0.4) is 0 Å². The molecule has 8 aromatic rings. The molecule has 0 radical (unpaired) electrons. The van der Waals surface area contributed by atoms with Gasteiger partial charge in [-0.25, -0.2) is 0 Å². The molecule has 0 aliphatic heterocycles. The molecular weight excluding hydrogens is 340 g/mol. The fourth-order valence-corrected chi connectivity index (χ4v) is 5.55. The standard InChI is InChI=1S/C26H12N2/c1-3-15-9-27-11-19-18-8-6-14-2-4-16-10-28-12-20-17-7-5-13(1)23(21(15)19)25(17)26(18)24(14)22(16)20/h1-12H. The summed E-state index contributed by atoms with van der Waals surface area (Å²) < 4.78 is 0. The van der Waals surface area contributed by atoms with Crippen LogP contribution in [-0.2, 0) is 0 Å². The van der Waals surface area contributed by atoms with Gasteiger partial charge < -0.3 is 0 Å². The highest BCUT2D eigenvalue weighted by Gasteiger charge is 2.21. The Balaban J connectivity index is 1.95. The zero-order chi connectivity index (χ0) is 18.0. The number of nitrogens with zero attached hydrogens (tertiary/aromatic N) is 2. The van der Waals surface area contributed by atoms with Crippen LogP contribution in [0.2, 0.25) is 0 Å². The summed E-state index contributed by atoms with van der Waals surface area (Å²) in [7, 11) is 0. The van der Waals surface area contributed by atoms with Gasteiger partial charge >= 0.3 is 0 Å². The first kappa shape index (κ1) is 13.4. The quantitative estimate of drug-likeness (QED) is 0.220. The first-order valence-electron chi connectivity index (χ1n) is 9.58. The molecule has 2 heteroatoms. The Labute approximate surface area is 159 Å². The smallest absolute Gasteiger partial charge is 0.0353 e. The summed E-state index contributed by atoms with van der Waals surface area (Å²) >= 11 is 0. The van der Waals surface area contributed by atoms with Crippen molar-refractivity contribution in [2.24, 2.45) is 0 Å². The minimum atomic E-state index is 1.21. The molecule has 0 unspecified atom stereocenters. The van der Waals surface area contributed by atoms with Crippen molar-refractivity contribution in [3.8, 4) is 0 Å². The van der Waals surface area contributed by atoms with Crippen LogP contribution in [0.25, 0.3) is 75.4 Å². The van der Waals surface area contributed by atoms with Gasteiger partial charge in [-0.1, -0.05) is 48.5 Å². The summed E-state index contributed by atoms with van der Waals surface area (Å²) in [5.74, 6) is 0. The number of hydrogen-bond acceptors (Lipinski definition) is 2. The first-order valence-corrected chi connectivity index (χ1v) is 9.58. The Kier molecular flexibility index (Phi) is 2.01. The highest BCUT2D eigenvalue weighted by molar-refractivity contribution is 6.46. The van der Waals surface area contributed by atoms with E-state index < -0.39 is 0 Å². The number of fused-ring (bicyclic) bond motifs is 2. The average molecular weight is 352 g/mol. The highest BCUT2D eigenvalue weighted by Crippen LogP contribution is 2.49. The van der Waals surface area contributed by atoms with Gasteiger partial charge in [-0.15, -0.1) is 0 Å². The van der Waals surface area contributed by atoms with Crippen LogP contribution in [0.1, 0.15) is 0 Å². The maximum absolute atomic E-state index is 4.56. The topological polar surface area (TPSA) is 25.8 Å². The molecule has 2 nitrogen and oxygen atoms in total. The highest BCUT2D eigenvalue weighted by atomic mass is 14.6. The Morgan fingerprint density at radius 1 is 0.321 bits per heavy atom. The van der Waals surface area contributed by atoms with E-state index in [0.29, 0.717) is 0 Å². The van der Waals surface area contributed by atoms with Gasteiger partial charge in [-0.3, -0.25) is 9.97 Å². The molecule has 126 valence electrons.